The Morgan fingerprint density at radius 1 is 1.19 bits per heavy atom. The molecular weight excluding hydrogens is 283 g/mol. The first-order valence-corrected chi connectivity index (χ1v) is 7.11. The first-order valence-electron chi connectivity index (χ1n) is 7.11. The predicted octanol–water partition coefficient (Wildman–Crippen LogP) is 3.16. The third kappa shape index (κ3) is 4.20. The molecule has 0 radical (unpaired) electrons. The summed E-state index contributed by atoms with van der Waals surface area (Å²) in [4.78, 5) is 6.87. The fraction of sp³-hybridized carbons (Fsp3) is 0.692. The molecule has 0 aliphatic heterocycles. The van der Waals surface area contributed by atoms with Crippen LogP contribution in [0.15, 0.2) is 6.07 Å². The minimum atomic E-state index is -4.59. The van der Waals surface area contributed by atoms with Crippen molar-refractivity contribution in [1.82, 2.24) is 9.97 Å². The van der Waals surface area contributed by atoms with Gasteiger partial charge in [0.25, 0.3) is 0 Å². The molecule has 1 aliphatic rings. The van der Waals surface area contributed by atoms with Crippen molar-refractivity contribution in [3.05, 3.63) is 11.9 Å². The number of alkyl halides is 3. The van der Waals surface area contributed by atoms with E-state index in [2.05, 4.69) is 27.6 Å². The highest BCUT2D eigenvalue weighted by atomic mass is 19.4. The summed E-state index contributed by atoms with van der Waals surface area (Å²) in [6.45, 7) is 2.16. The zero-order valence-electron chi connectivity index (χ0n) is 11.9. The Balaban J connectivity index is 2.09. The van der Waals surface area contributed by atoms with Crippen LogP contribution in [0, 0.1) is 5.92 Å². The highest BCUT2D eigenvalue weighted by Crippen LogP contribution is 2.31. The van der Waals surface area contributed by atoms with Gasteiger partial charge >= 0.3 is 6.18 Å². The monoisotopic (exact) mass is 303 g/mol. The fourth-order valence-electron chi connectivity index (χ4n) is 2.65. The molecule has 5 nitrogen and oxygen atoms in total. The molecule has 21 heavy (non-hydrogen) atoms. The van der Waals surface area contributed by atoms with Gasteiger partial charge in [-0.3, -0.25) is 0 Å². The van der Waals surface area contributed by atoms with Crippen LogP contribution in [0.5, 0.6) is 0 Å². The van der Waals surface area contributed by atoms with E-state index in [0.717, 1.165) is 38.0 Å². The molecule has 0 unspecified atom stereocenters. The van der Waals surface area contributed by atoms with Crippen LogP contribution in [0.25, 0.3) is 0 Å². The van der Waals surface area contributed by atoms with E-state index in [1.807, 2.05) is 0 Å². The Kier molecular flexibility index (Phi) is 4.87. The Morgan fingerprint density at radius 3 is 2.33 bits per heavy atom. The molecule has 1 saturated carbocycles. The molecule has 0 aromatic carbocycles. The maximum absolute atomic E-state index is 12.7. The lowest BCUT2D eigenvalue weighted by Crippen LogP contribution is -2.27. The van der Waals surface area contributed by atoms with Crippen molar-refractivity contribution in [2.45, 2.75) is 51.2 Å². The van der Waals surface area contributed by atoms with Gasteiger partial charge in [-0.2, -0.15) is 13.2 Å². The van der Waals surface area contributed by atoms with Crippen molar-refractivity contribution in [3.63, 3.8) is 0 Å². The highest BCUT2D eigenvalue weighted by molar-refractivity contribution is 5.47. The van der Waals surface area contributed by atoms with E-state index in [1.54, 1.807) is 0 Å². The number of hydrogen-bond donors (Lipinski definition) is 3. The van der Waals surface area contributed by atoms with Crippen LogP contribution in [0.3, 0.4) is 0 Å². The Hall–Kier alpha value is -1.57. The molecule has 1 aromatic rings. The van der Waals surface area contributed by atoms with Crippen molar-refractivity contribution in [3.8, 4) is 0 Å². The van der Waals surface area contributed by atoms with E-state index in [-0.39, 0.29) is 17.7 Å². The largest absolute Gasteiger partial charge is 0.451 e. The number of halogens is 3. The molecule has 8 heteroatoms. The minimum Gasteiger partial charge on any atom is -0.367 e. The van der Waals surface area contributed by atoms with Crippen LogP contribution in [0.1, 0.15) is 44.9 Å². The molecule has 1 aromatic heterocycles. The summed E-state index contributed by atoms with van der Waals surface area (Å²) >= 11 is 0. The molecule has 0 spiro atoms. The summed E-state index contributed by atoms with van der Waals surface area (Å²) in [6.07, 6.45) is 0.619. The maximum atomic E-state index is 12.7. The summed E-state index contributed by atoms with van der Waals surface area (Å²) in [5.41, 5.74) is 2.14. The van der Waals surface area contributed by atoms with Gasteiger partial charge in [-0.15, -0.1) is 0 Å². The third-order valence-electron chi connectivity index (χ3n) is 3.90. The topological polar surface area (TPSA) is 75.9 Å². The van der Waals surface area contributed by atoms with Crippen molar-refractivity contribution >= 4 is 11.6 Å². The number of rotatable bonds is 4. The molecule has 0 amide bonds. The Bertz CT molecular complexity index is 469. The van der Waals surface area contributed by atoms with E-state index in [9.17, 15) is 13.2 Å². The average molecular weight is 303 g/mol. The van der Waals surface area contributed by atoms with Crippen LogP contribution >= 0.6 is 0 Å². The molecule has 1 heterocycles. The second kappa shape index (κ2) is 6.46. The van der Waals surface area contributed by atoms with Gasteiger partial charge in [-0.25, -0.2) is 15.8 Å². The van der Waals surface area contributed by atoms with Crippen LogP contribution in [-0.4, -0.2) is 16.0 Å². The maximum Gasteiger partial charge on any atom is 0.451 e. The second-order valence-electron chi connectivity index (χ2n) is 5.37. The summed E-state index contributed by atoms with van der Waals surface area (Å²) in [5.74, 6) is 4.80. The number of nitrogens with zero attached hydrogens (tertiary/aromatic N) is 2. The first kappa shape index (κ1) is 15.8. The van der Waals surface area contributed by atoms with Gasteiger partial charge in [0.15, 0.2) is 0 Å². The van der Waals surface area contributed by atoms with Crippen molar-refractivity contribution in [1.29, 1.82) is 0 Å². The Morgan fingerprint density at radius 2 is 1.81 bits per heavy atom. The molecular formula is C13H20F3N5. The number of nitrogens with two attached hydrogens (primary N) is 1. The predicted molar refractivity (Wildman–Crippen MR) is 74.5 cm³/mol. The molecule has 1 aliphatic carbocycles. The van der Waals surface area contributed by atoms with Crippen molar-refractivity contribution < 1.29 is 13.2 Å². The van der Waals surface area contributed by atoms with E-state index in [1.165, 1.54) is 6.07 Å². The zero-order valence-corrected chi connectivity index (χ0v) is 11.9. The molecule has 0 atom stereocenters. The molecule has 0 saturated heterocycles. The molecule has 1 fully saturated rings. The molecule has 118 valence electrons. The SMILES string of the molecule is CCC1CCC(Nc2cc(NN)nc(C(F)(F)F)n2)CC1. The van der Waals surface area contributed by atoms with E-state index >= 15 is 0 Å². The fourth-order valence-corrected chi connectivity index (χ4v) is 2.65. The minimum absolute atomic E-state index is 0.0536. The lowest BCUT2D eigenvalue weighted by atomic mass is 9.84. The average Bonchev–Trinajstić information content (AvgIpc) is 2.46. The van der Waals surface area contributed by atoms with Crippen LogP contribution in [0.2, 0.25) is 0 Å². The zero-order chi connectivity index (χ0) is 15.5. The number of nitrogen functional groups attached to an aromatic ring is 1. The Labute approximate surface area is 121 Å². The van der Waals surface area contributed by atoms with Gasteiger partial charge in [0, 0.05) is 12.1 Å². The van der Waals surface area contributed by atoms with E-state index < -0.39 is 12.0 Å². The summed E-state index contributed by atoms with van der Waals surface area (Å²) in [7, 11) is 0. The number of hydrogen-bond acceptors (Lipinski definition) is 5. The van der Waals surface area contributed by atoms with Crippen molar-refractivity contribution in [2.75, 3.05) is 10.7 Å². The highest BCUT2D eigenvalue weighted by Gasteiger charge is 2.35. The number of aromatic nitrogens is 2. The van der Waals surface area contributed by atoms with E-state index in [4.69, 9.17) is 5.84 Å². The summed E-state index contributed by atoms with van der Waals surface area (Å²) < 4.78 is 38.2. The standard InChI is InChI=1S/C13H20F3N5/c1-2-8-3-5-9(6-4-8)18-10-7-11(21-17)20-12(19-10)13(14,15)16/h7-9H,2-6,17H2,1H3,(H2,18,19,20,21). The quantitative estimate of drug-likeness (QED) is 0.588. The normalized spacial score (nSPS) is 22.9. The smallest absolute Gasteiger partial charge is 0.367 e. The van der Waals surface area contributed by atoms with Gasteiger partial charge in [0.2, 0.25) is 5.82 Å². The lowest BCUT2D eigenvalue weighted by molar-refractivity contribution is -0.144. The van der Waals surface area contributed by atoms with Gasteiger partial charge < -0.3 is 10.7 Å². The van der Waals surface area contributed by atoms with Crippen molar-refractivity contribution in [2.24, 2.45) is 11.8 Å². The second-order valence-corrected chi connectivity index (χ2v) is 5.37. The van der Waals surface area contributed by atoms with Gasteiger partial charge in [0.05, 0.1) is 0 Å². The van der Waals surface area contributed by atoms with Gasteiger partial charge in [-0.1, -0.05) is 13.3 Å². The summed E-state index contributed by atoms with van der Waals surface area (Å²) in [5, 5.41) is 3.07. The van der Waals surface area contributed by atoms with E-state index in [0.29, 0.717) is 0 Å². The molecule has 2 rings (SSSR count). The number of nitrogens with one attached hydrogen (secondary N) is 2. The van der Waals surface area contributed by atoms with Gasteiger partial charge in [0.1, 0.15) is 11.6 Å². The van der Waals surface area contributed by atoms with Gasteiger partial charge in [-0.05, 0) is 31.6 Å². The first-order chi connectivity index (χ1) is 9.92. The number of anilines is 2. The third-order valence-corrected chi connectivity index (χ3v) is 3.90. The van der Waals surface area contributed by atoms with Crippen LogP contribution in [-0.2, 0) is 6.18 Å². The summed E-state index contributed by atoms with van der Waals surface area (Å²) in [6, 6.07) is 1.54. The van der Waals surface area contributed by atoms with Crippen LogP contribution in [0.4, 0.5) is 24.8 Å². The number of hydrazine groups is 1. The van der Waals surface area contributed by atoms with Crippen LogP contribution < -0.4 is 16.6 Å². The molecule has 4 N–H and O–H groups in total. The lowest BCUT2D eigenvalue weighted by Gasteiger charge is -2.29. The molecule has 0 bridgehead atoms.